The lowest BCUT2D eigenvalue weighted by Gasteiger charge is -2.20. The highest BCUT2D eigenvalue weighted by Gasteiger charge is 2.45. The normalized spacial score (nSPS) is 16.4. The lowest BCUT2D eigenvalue weighted by Crippen LogP contribution is -2.43. The van der Waals surface area contributed by atoms with Crippen molar-refractivity contribution in [1.82, 2.24) is 10.6 Å². The summed E-state index contributed by atoms with van der Waals surface area (Å²) < 4.78 is 5.56. The van der Waals surface area contributed by atoms with Gasteiger partial charge in [-0.2, -0.15) is 0 Å². The molecule has 0 spiro atoms. The van der Waals surface area contributed by atoms with E-state index in [1.807, 2.05) is 31.2 Å². The molecule has 0 radical (unpaired) electrons. The lowest BCUT2D eigenvalue weighted by molar-refractivity contribution is -0.138. The first-order chi connectivity index (χ1) is 15.4. The Morgan fingerprint density at radius 3 is 2.19 bits per heavy atom. The van der Waals surface area contributed by atoms with E-state index < -0.39 is 17.6 Å². The smallest absolute Gasteiger partial charge is 0.407 e. The molecule has 4 rings (SSSR count). The van der Waals surface area contributed by atoms with E-state index in [0.717, 1.165) is 22.3 Å². The topological polar surface area (TPSA) is 105 Å². The van der Waals surface area contributed by atoms with Crippen LogP contribution in [-0.2, 0) is 14.3 Å². The number of aliphatic carboxylic acids is 1. The number of carboxylic acid groups (broad SMARTS) is 1. The quantitative estimate of drug-likeness (QED) is 0.554. The van der Waals surface area contributed by atoms with Gasteiger partial charge in [0.25, 0.3) is 0 Å². The molecular weight excluding hydrogens is 408 g/mol. The van der Waals surface area contributed by atoms with E-state index >= 15 is 0 Å². The van der Waals surface area contributed by atoms with E-state index in [0.29, 0.717) is 19.3 Å². The van der Waals surface area contributed by atoms with E-state index in [2.05, 4.69) is 34.9 Å². The second-order valence-electron chi connectivity index (χ2n) is 8.68. The number of alkyl carbamates (subject to hydrolysis) is 1. The minimum absolute atomic E-state index is 0.0257. The number of amides is 2. The van der Waals surface area contributed by atoms with E-state index in [1.54, 1.807) is 0 Å². The van der Waals surface area contributed by atoms with Gasteiger partial charge in [0.1, 0.15) is 6.61 Å². The van der Waals surface area contributed by atoms with Crippen molar-refractivity contribution in [2.45, 2.75) is 56.5 Å². The number of rotatable bonds is 9. The zero-order valence-corrected chi connectivity index (χ0v) is 18.1. The van der Waals surface area contributed by atoms with Gasteiger partial charge in [0.2, 0.25) is 5.91 Å². The zero-order chi connectivity index (χ0) is 22.7. The Morgan fingerprint density at radius 1 is 1.06 bits per heavy atom. The van der Waals surface area contributed by atoms with E-state index in [1.165, 1.54) is 0 Å². The first-order valence-corrected chi connectivity index (χ1v) is 11.0. The Balaban J connectivity index is 1.31. The summed E-state index contributed by atoms with van der Waals surface area (Å²) in [5, 5.41) is 14.6. The Labute approximate surface area is 187 Å². The standard InChI is InChI=1S/C25H28N2O5/c1-2-16(13-22(28)27-25(11-12-25)14-23(29)30)26-24(31)32-15-21-19-9-5-3-7-17(19)18-8-4-6-10-20(18)21/h3-10,16,21H,2,11-15H2,1H3,(H,26,31)(H,27,28)(H,29,30)/t16-/m0/s1. The number of hydrogen-bond acceptors (Lipinski definition) is 4. The van der Waals surface area contributed by atoms with Crippen molar-refractivity contribution < 1.29 is 24.2 Å². The minimum Gasteiger partial charge on any atom is -0.481 e. The van der Waals surface area contributed by atoms with Crippen molar-refractivity contribution in [3.05, 3.63) is 59.7 Å². The molecule has 0 heterocycles. The number of nitrogens with one attached hydrogen (secondary N) is 2. The molecule has 1 fully saturated rings. The Bertz CT molecular complexity index is 985. The first-order valence-electron chi connectivity index (χ1n) is 11.0. The highest BCUT2D eigenvalue weighted by molar-refractivity contribution is 5.81. The van der Waals surface area contributed by atoms with Crippen LogP contribution < -0.4 is 10.6 Å². The van der Waals surface area contributed by atoms with Crippen molar-refractivity contribution in [3.63, 3.8) is 0 Å². The highest BCUT2D eigenvalue weighted by Crippen LogP contribution is 2.44. The summed E-state index contributed by atoms with van der Waals surface area (Å²) in [5.74, 6) is -1.21. The van der Waals surface area contributed by atoms with Crippen molar-refractivity contribution >= 4 is 18.0 Å². The van der Waals surface area contributed by atoms with E-state index in [-0.39, 0.29) is 37.3 Å². The van der Waals surface area contributed by atoms with Crippen LogP contribution in [0.3, 0.4) is 0 Å². The molecule has 2 amide bonds. The molecule has 1 saturated carbocycles. The monoisotopic (exact) mass is 436 g/mol. The molecule has 0 bridgehead atoms. The molecule has 2 aliphatic rings. The minimum atomic E-state index is -0.924. The summed E-state index contributed by atoms with van der Waals surface area (Å²) >= 11 is 0. The van der Waals surface area contributed by atoms with Crippen molar-refractivity contribution in [2.75, 3.05) is 6.61 Å². The summed E-state index contributed by atoms with van der Waals surface area (Å²) in [7, 11) is 0. The third-order valence-electron chi connectivity index (χ3n) is 6.34. The lowest BCUT2D eigenvalue weighted by atomic mass is 9.98. The molecule has 2 aliphatic carbocycles. The fourth-order valence-corrected chi connectivity index (χ4v) is 4.46. The molecule has 7 nitrogen and oxygen atoms in total. The maximum Gasteiger partial charge on any atom is 0.407 e. The molecule has 0 saturated heterocycles. The molecule has 3 N–H and O–H groups in total. The van der Waals surface area contributed by atoms with Crippen LogP contribution in [0.2, 0.25) is 0 Å². The number of ether oxygens (including phenoxy) is 1. The number of benzene rings is 2. The van der Waals surface area contributed by atoms with Crippen LogP contribution in [0.15, 0.2) is 48.5 Å². The Kier molecular flexibility index (Phi) is 6.17. The van der Waals surface area contributed by atoms with Gasteiger partial charge in [0, 0.05) is 18.4 Å². The first kappa shape index (κ1) is 21.9. The molecule has 0 aliphatic heterocycles. The second kappa shape index (κ2) is 9.02. The van der Waals surface area contributed by atoms with Crippen LogP contribution in [0.25, 0.3) is 11.1 Å². The molecule has 0 aromatic heterocycles. The number of carbonyl (C=O) groups excluding carboxylic acids is 2. The molecule has 1 atom stereocenters. The van der Waals surface area contributed by atoms with E-state index in [9.17, 15) is 14.4 Å². The van der Waals surface area contributed by atoms with Gasteiger partial charge in [-0.05, 0) is 41.5 Å². The van der Waals surface area contributed by atoms with Crippen molar-refractivity contribution in [2.24, 2.45) is 0 Å². The summed E-state index contributed by atoms with van der Waals surface area (Å²) in [6, 6.07) is 15.9. The average Bonchev–Trinajstić information content (AvgIpc) is 3.43. The number of fused-ring (bicyclic) bond motifs is 3. The Hall–Kier alpha value is -3.35. The molecule has 32 heavy (non-hydrogen) atoms. The van der Waals surface area contributed by atoms with Crippen LogP contribution in [0.4, 0.5) is 4.79 Å². The van der Waals surface area contributed by atoms with Gasteiger partial charge in [-0.25, -0.2) is 4.79 Å². The molecule has 2 aromatic rings. The summed E-state index contributed by atoms with van der Waals surface area (Å²) in [4.78, 5) is 35.8. The Morgan fingerprint density at radius 2 is 1.66 bits per heavy atom. The molecule has 168 valence electrons. The van der Waals surface area contributed by atoms with Gasteiger partial charge in [0.05, 0.1) is 12.0 Å². The van der Waals surface area contributed by atoms with Gasteiger partial charge < -0.3 is 20.5 Å². The largest absolute Gasteiger partial charge is 0.481 e. The molecule has 7 heteroatoms. The van der Waals surface area contributed by atoms with Gasteiger partial charge in [0.15, 0.2) is 0 Å². The fourth-order valence-electron chi connectivity index (χ4n) is 4.46. The van der Waals surface area contributed by atoms with Crippen LogP contribution >= 0.6 is 0 Å². The van der Waals surface area contributed by atoms with Gasteiger partial charge in [-0.3, -0.25) is 9.59 Å². The number of carbonyl (C=O) groups is 3. The predicted molar refractivity (Wildman–Crippen MR) is 119 cm³/mol. The van der Waals surface area contributed by atoms with Crippen molar-refractivity contribution in [3.8, 4) is 11.1 Å². The number of hydrogen-bond donors (Lipinski definition) is 3. The third kappa shape index (κ3) is 4.77. The third-order valence-corrected chi connectivity index (χ3v) is 6.34. The average molecular weight is 437 g/mol. The maximum atomic E-state index is 12.5. The van der Waals surface area contributed by atoms with Crippen LogP contribution in [0.1, 0.15) is 56.1 Å². The van der Waals surface area contributed by atoms with E-state index in [4.69, 9.17) is 9.84 Å². The van der Waals surface area contributed by atoms with Gasteiger partial charge in [-0.15, -0.1) is 0 Å². The number of carboxylic acids is 1. The molecule has 0 unspecified atom stereocenters. The summed E-state index contributed by atoms with van der Waals surface area (Å²) in [5.41, 5.74) is 3.98. The molecule has 2 aromatic carbocycles. The predicted octanol–water partition coefficient (Wildman–Crippen LogP) is 3.82. The zero-order valence-electron chi connectivity index (χ0n) is 18.1. The van der Waals surface area contributed by atoms with Crippen LogP contribution in [-0.4, -0.2) is 41.3 Å². The van der Waals surface area contributed by atoms with Crippen molar-refractivity contribution in [1.29, 1.82) is 0 Å². The second-order valence-corrected chi connectivity index (χ2v) is 8.68. The molecular formula is C25H28N2O5. The summed E-state index contributed by atoms with van der Waals surface area (Å²) in [6.45, 7) is 2.09. The van der Waals surface area contributed by atoms with Crippen LogP contribution in [0, 0.1) is 0 Å². The SMILES string of the molecule is CC[C@@H](CC(=O)NC1(CC(=O)O)CC1)NC(=O)OCC1c2ccccc2-c2ccccc21. The van der Waals surface area contributed by atoms with Crippen LogP contribution in [0.5, 0.6) is 0 Å². The fraction of sp³-hybridized carbons (Fsp3) is 0.400. The van der Waals surface area contributed by atoms with Gasteiger partial charge >= 0.3 is 12.1 Å². The maximum absolute atomic E-state index is 12.5. The summed E-state index contributed by atoms with van der Waals surface area (Å²) in [6.07, 6.45) is 1.35. The van der Waals surface area contributed by atoms with Gasteiger partial charge in [-0.1, -0.05) is 55.5 Å². The highest BCUT2D eigenvalue weighted by atomic mass is 16.5.